The molecule has 0 spiro atoms. The largest absolute Gasteiger partial charge is 0.444 e. The van der Waals surface area contributed by atoms with Gasteiger partial charge in [0.05, 0.1) is 6.04 Å². The van der Waals surface area contributed by atoms with Crippen molar-refractivity contribution in [2.24, 2.45) is 0 Å². The van der Waals surface area contributed by atoms with Crippen LogP contribution in [0.3, 0.4) is 0 Å². The Morgan fingerprint density at radius 3 is 1.72 bits per heavy atom. The van der Waals surface area contributed by atoms with Crippen LogP contribution in [-0.2, 0) is 9.47 Å². The molecule has 0 radical (unpaired) electrons. The predicted octanol–water partition coefficient (Wildman–Crippen LogP) is 5.86. The van der Waals surface area contributed by atoms with Crippen LogP contribution in [0, 0.1) is 0 Å². The summed E-state index contributed by atoms with van der Waals surface area (Å²) in [7, 11) is 0. The van der Waals surface area contributed by atoms with Gasteiger partial charge in [0.2, 0.25) is 0 Å². The third-order valence-corrected chi connectivity index (χ3v) is 6.15. The zero-order valence-electron chi connectivity index (χ0n) is 17.9. The van der Waals surface area contributed by atoms with Gasteiger partial charge in [-0.1, -0.05) is 60.7 Å². The maximum absolute atomic E-state index is 12.7. The summed E-state index contributed by atoms with van der Waals surface area (Å²) < 4.78 is 11.2. The molecule has 5 rings (SSSR count). The summed E-state index contributed by atoms with van der Waals surface area (Å²) in [6.45, 7) is 3.87. The van der Waals surface area contributed by atoms with Crippen molar-refractivity contribution in [2.75, 3.05) is 9.80 Å². The fourth-order valence-electron chi connectivity index (χ4n) is 4.61. The van der Waals surface area contributed by atoms with Crippen molar-refractivity contribution in [1.29, 1.82) is 0 Å². The lowest BCUT2D eigenvalue weighted by Gasteiger charge is -2.25. The van der Waals surface area contributed by atoms with E-state index < -0.39 is 0 Å². The van der Waals surface area contributed by atoms with Crippen molar-refractivity contribution in [3.63, 3.8) is 0 Å². The molecule has 6 heteroatoms. The number of ether oxygens (including phenoxy) is 2. The third-order valence-electron chi connectivity index (χ3n) is 6.15. The standard InChI is InChI=1S/C26H24N2O4/c1-17-24(20-11-7-4-8-12-20)32-25(29)27(17)21-13-15-22(16-14-21)28-23(18(2)31-26(28)30)19-9-5-3-6-10-19/h3-18,23-24H,1-2H3. The molecule has 162 valence electrons. The van der Waals surface area contributed by atoms with Gasteiger partial charge in [-0.25, -0.2) is 9.59 Å². The molecular weight excluding hydrogens is 404 g/mol. The number of carbonyl (C=O) groups excluding carboxylic acids is 2. The molecule has 0 N–H and O–H groups in total. The quantitative estimate of drug-likeness (QED) is 0.522. The summed E-state index contributed by atoms with van der Waals surface area (Å²) in [5.41, 5.74) is 3.42. The fraction of sp³-hybridized carbons (Fsp3) is 0.231. The van der Waals surface area contributed by atoms with Gasteiger partial charge in [0.15, 0.2) is 0 Å². The van der Waals surface area contributed by atoms with Crippen LogP contribution < -0.4 is 9.80 Å². The first-order chi connectivity index (χ1) is 15.5. The van der Waals surface area contributed by atoms with Gasteiger partial charge in [0.1, 0.15) is 18.2 Å². The second-order valence-electron chi connectivity index (χ2n) is 8.16. The third kappa shape index (κ3) is 3.38. The van der Waals surface area contributed by atoms with Crippen LogP contribution in [0.25, 0.3) is 0 Å². The van der Waals surface area contributed by atoms with Crippen molar-refractivity contribution in [3.8, 4) is 0 Å². The zero-order chi connectivity index (χ0) is 22.2. The van der Waals surface area contributed by atoms with Crippen molar-refractivity contribution >= 4 is 23.6 Å². The summed E-state index contributed by atoms with van der Waals surface area (Å²) >= 11 is 0. The molecule has 0 aromatic heterocycles. The number of carbonyl (C=O) groups is 2. The summed E-state index contributed by atoms with van der Waals surface area (Å²) in [4.78, 5) is 28.6. The topological polar surface area (TPSA) is 59.1 Å². The first-order valence-corrected chi connectivity index (χ1v) is 10.7. The minimum Gasteiger partial charge on any atom is -0.444 e. The number of anilines is 2. The molecule has 2 heterocycles. The van der Waals surface area contributed by atoms with Gasteiger partial charge < -0.3 is 9.47 Å². The molecule has 4 unspecified atom stereocenters. The van der Waals surface area contributed by atoms with Gasteiger partial charge in [-0.15, -0.1) is 0 Å². The molecule has 2 fully saturated rings. The summed E-state index contributed by atoms with van der Waals surface area (Å²) in [6.07, 6.45) is -1.36. The maximum Gasteiger partial charge on any atom is 0.415 e. The Morgan fingerprint density at radius 1 is 0.625 bits per heavy atom. The molecule has 4 atom stereocenters. The van der Waals surface area contributed by atoms with Crippen LogP contribution in [0.1, 0.15) is 37.1 Å². The number of hydrogen-bond acceptors (Lipinski definition) is 4. The highest BCUT2D eigenvalue weighted by Gasteiger charge is 2.42. The molecule has 6 nitrogen and oxygen atoms in total. The minimum atomic E-state index is -0.379. The average molecular weight is 428 g/mol. The first-order valence-electron chi connectivity index (χ1n) is 10.7. The maximum atomic E-state index is 12.7. The molecular formula is C26H24N2O4. The highest BCUT2D eigenvalue weighted by Crippen LogP contribution is 2.40. The Hall–Kier alpha value is -3.80. The lowest BCUT2D eigenvalue weighted by atomic mass is 10.0. The Labute approximate surface area is 187 Å². The zero-order valence-corrected chi connectivity index (χ0v) is 17.9. The minimum absolute atomic E-state index is 0.162. The number of rotatable bonds is 4. The Morgan fingerprint density at radius 2 is 1.12 bits per heavy atom. The summed E-state index contributed by atoms with van der Waals surface area (Å²) in [5.74, 6) is 0. The monoisotopic (exact) mass is 428 g/mol. The van der Waals surface area contributed by atoms with Crippen molar-refractivity contribution in [1.82, 2.24) is 0 Å². The summed E-state index contributed by atoms with van der Waals surface area (Å²) in [6, 6.07) is 26.6. The lowest BCUT2D eigenvalue weighted by Crippen LogP contribution is -2.32. The van der Waals surface area contributed by atoms with E-state index in [2.05, 4.69) is 0 Å². The van der Waals surface area contributed by atoms with E-state index >= 15 is 0 Å². The fourth-order valence-corrected chi connectivity index (χ4v) is 4.61. The molecule has 2 aliphatic heterocycles. The number of hydrogen-bond donors (Lipinski definition) is 0. The highest BCUT2D eigenvalue weighted by atomic mass is 16.6. The van der Waals surface area contributed by atoms with Crippen LogP contribution in [0.4, 0.5) is 21.0 Å². The Kier molecular flexibility index (Phi) is 5.05. The van der Waals surface area contributed by atoms with Crippen LogP contribution in [-0.4, -0.2) is 24.3 Å². The molecule has 32 heavy (non-hydrogen) atoms. The molecule has 3 aromatic rings. The number of cyclic esters (lactones) is 2. The molecule has 0 saturated carbocycles. The van der Waals surface area contributed by atoms with E-state index in [0.29, 0.717) is 0 Å². The predicted molar refractivity (Wildman–Crippen MR) is 122 cm³/mol. The molecule has 2 aliphatic rings. The Balaban J connectivity index is 1.41. The van der Waals surface area contributed by atoms with E-state index in [9.17, 15) is 9.59 Å². The second-order valence-corrected chi connectivity index (χ2v) is 8.16. The van der Waals surface area contributed by atoms with Crippen LogP contribution in [0.2, 0.25) is 0 Å². The van der Waals surface area contributed by atoms with Crippen LogP contribution in [0.5, 0.6) is 0 Å². The average Bonchev–Trinajstić information content (AvgIpc) is 3.29. The van der Waals surface area contributed by atoms with E-state index in [0.717, 1.165) is 22.5 Å². The van der Waals surface area contributed by atoms with Gasteiger partial charge in [-0.2, -0.15) is 0 Å². The van der Waals surface area contributed by atoms with Gasteiger partial charge in [0.25, 0.3) is 0 Å². The molecule has 2 saturated heterocycles. The lowest BCUT2D eigenvalue weighted by molar-refractivity contribution is 0.134. The number of nitrogens with zero attached hydrogens (tertiary/aromatic N) is 2. The molecule has 2 amide bonds. The van der Waals surface area contributed by atoms with Gasteiger partial charge in [-0.05, 0) is 49.2 Å². The van der Waals surface area contributed by atoms with E-state index in [4.69, 9.17) is 9.47 Å². The molecule has 0 aliphatic carbocycles. The first kappa shape index (κ1) is 20.1. The second kappa shape index (κ2) is 8.04. The van der Waals surface area contributed by atoms with Crippen molar-refractivity contribution < 1.29 is 19.1 Å². The van der Waals surface area contributed by atoms with Gasteiger partial charge >= 0.3 is 12.2 Å². The van der Waals surface area contributed by atoms with Crippen molar-refractivity contribution in [2.45, 2.75) is 38.1 Å². The number of amides is 2. The van der Waals surface area contributed by atoms with Gasteiger partial charge in [0, 0.05) is 11.4 Å². The number of benzene rings is 3. The van der Waals surface area contributed by atoms with E-state index in [1.165, 1.54) is 0 Å². The van der Waals surface area contributed by atoms with Crippen molar-refractivity contribution in [3.05, 3.63) is 96.1 Å². The van der Waals surface area contributed by atoms with E-state index in [-0.39, 0.29) is 36.5 Å². The smallest absolute Gasteiger partial charge is 0.415 e. The SMILES string of the molecule is CC1OC(=O)N(c2ccc(N3C(=O)OC(c4ccccc4)C3C)cc2)C1c1ccccc1. The van der Waals surface area contributed by atoms with E-state index in [1.54, 1.807) is 9.80 Å². The van der Waals surface area contributed by atoms with Gasteiger partial charge in [-0.3, -0.25) is 9.80 Å². The van der Waals surface area contributed by atoms with Crippen LogP contribution in [0.15, 0.2) is 84.9 Å². The van der Waals surface area contributed by atoms with Crippen LogP contribution >= 0.6 is 0 Å². The molecule has 0 bridgehead atoms. The van der Waals surface area contributed by atoms with E-state index in [1.807, 2.05) is 98.8 Å². The molecule has 3 aromatic carbocycles. The Bertz CT molecular complexity index is 1120. The summed E-state index contributed by atoms with van der Waals surface area (Å²) in [5, 5.41) is 0. The normalized spacial score (nSPS) is 25.1. The highest BCUT2D eigenvalue weighted by molar-refractivity contribution is 5.93.